The molecule has 4 heteroatoms. The smallest absolute Gasteiger partial charge is 0.234 e. The first-order chi connectivity index (χ1) is 4.36. The predicted octanol–water partition coefficient (Wildman–Crippen LogP) is -0.410. The van der Waals surface area contributed by atoms with Crippen LogP contribution in [0.1, 0.15) is 5.56 Å². The van der Waals surface area contributed by atoms with Gasteiger partial charge in [-0.2, -0.15) is 5.10 Å². The monoisotopic (exact) mass is 136 g/mol. The van der Waals surface area contributed by atoms with Gasteiger partial charge in [0.1, 0.15) is 16.3 Å². The minimum atomic E-state index is 0.670. The molecule has 0 amide bonds. The zero-order valence-electron chi connectivity index (χ0n) is 4.82. The number of hydrogen-bond acceptors (Lipinski definition) is 2. The van der Waals surface area contributed by atoms with Gasteiger partial charge in [0.15, 0.2) is 0 Å². The summed E-state index contributed by atoms with van der Waals surface area (Å²) in [7, 11) is 0. The highest BCUT2D eigenvalue weighted by Crippen LogP contribution is 1.92. The lowest BCUT2D eigenvalue weighted by atomic mass is 10.4. The van der Waals surface area contributed by atoms with E-state index in [4.69, 9.17) is 0 Å². The molecule has 1 rings (SSSR count). The van der Waals surface area contributed by atoms with Gasteiger partial charge in [0.25, 0.3) is 0 Å². The predicted molar refractivity (Wildman–Crippen MR) is 33.8 cm³/mol. The van der Waals surface area contributed by atoms with E-state index in [1.165, 1.54) is 4.68 Å². The summed E-state index contributed by atoms with van der Waals surface area (Å²) in [5, 5.41) is 4.58. The van der Waals surface area contributed by atoms with Gasteiger partial charge in [-0.15, -0.1) is 0 Å². The molecule has 0 aliphatic rings. The van der Waals surface area contributed by atoms with Crippen molar-refractivity contribution in [3.8, 4) is 0 Å². The third kappa shape index (κ3) is 1.41. The summed E-state index contributed by atoms with van der Waals surface area (Å²) in [6, 6.07) is 0. The van der Waals surface area contributed by atoms with Crippen molar-refractivity contribution in [1.29, 1.82) is 0 Å². The van der Waals surface area contributed by atoms with Crippen LogP contribution in [0.5, 0.6) is 0 Å². The fourth-order valence-electron chi connectivity index (χ4n) is 0.540. The SMILES string of the molecule is O=Cn1cc([CH2][Al])cn1. The highest BCUT2D eigenvalue weighted by molar-refractivity contribution is 6.08. The van der Waals surface area contributed by atoms with Crippen LogP contribution in [0.25, 0.3) is 0 Å². The third-order valence-electron chi connectivity index (χ3n) is 0.999. The molecule has 0 saturated heterocycles. The van der Waals surface area contributed by atoms with Crippen LogP contribution in [0, 0.1) is 0 Å². The van der Waals surface area contributed by atoms with Gasteiger partial charge in [0, 0.05) is 6.20 Å². The summed E-state index contributed by atoms with van der Waals surface area (Å²) in [4.78, 5) is 10.0. The Bertz CT molecular complexity index is 208. The Hall–Kier alpha value is -0.588. The molecule has 0 aliphatic carbocycles. The number of carbonyl (C=O) groups excluding carboxylic acids is 1. The Labute approximate surface area is 61.1 Å². The highest BCUT2D eigenvalue weighted by atomic mass is 27.0. The van der Waals surface area contributed by atoms with Gasteiger partial charge in [-0.3, -0.25) is 4.79 Å². The van der Waals surface area contributed by atoms with Gasteiger partial charge < -0.3 is 0 Å². The van der Waals surface area contributed by atoms with Gasteiger partial charge in [-0.25, -0.2) is 4.68 Å². The first-order valence-electron chi connectivity index (χ1n) is 2.55. The Morgan fingerprint density at radius 1 is 1.89 bits per heavy atom. The topological polar surface area (TPSA) is 34.9 Å². The first kappa shape index (κ1) is 6.53. The lowest BCUT2D eigenvalue weighted by Gasteiger charge is -1.81. The molecule has 1 aromatic rings. The molecule has 0 spiro atoms. The van der Waals surface area contributed by atoms with Crippen molar-refractivity contribution in [2.45, 2.75) is 5.28 Å². The quantitative estimate of drug-likeness (QED) is 0.409. The molecule has 0 aromatic carbocycles. The van der Waals surface area contributed by atoms with E-state index in [1.54, 1.807) is 12.4 Å². The van der Waals surface area contributed by atoms with Crippen molar-refractivity contribution in [2.24, 2.45) is 0 Å². The molecule has 1 heterocycles. The van der Waals surface area contributed by atoms with Crippen molar-refractivity contribution >= 4 is 22.7 Å². The van der Waals surface area contributed by atoms with Crippen LogP contribution in [-0.4, -0.2) is 32.5 Å². The van der Waals surface area contributed by atoms with Crippen molar-refractivity contribution in [2.75, 3.05) is 0 Å². The zero-order chi connectivity index (χ0) is 6.69. The molecule has 9 heavy (non-hydrogen) atoms. The van der Waals surface area contributed by atoms with Gasteiger partial charge in [0.2, 0.25) is 6.41 Å². The molecule has 0 atom stereocenters. The average molecular weight is 136 g/mol. The lowest BCUT2D eigenvalue weighted by Crippen LogP contribution is -1.92. The molecule has 44 valence electrons. The normalized spacial score (nSPS) is 9.33. The molecular formula is C5H5AlN2O. The van der Waals surface area contributed by atoms with E-state index in [9.17, 15) is 4.79 Å². The number of hydrogen-bond donors (Lipinski definition) is 0. The second-order valence-electron chi connectivity index (χ2n) is 1.64. The second kappa shape index (κ2) is 2.81. The van der Waals surface area contributed by atoms with Crippen LogP contribution in [0.15, 0.2) is 12.4 Å². The molecule has 0 N–H and O–H groups in total. The van der Waals surface area contributed by atoms with Crippen molar-refractivity contribution in [1.82, 2.24) is 9.78 Å². The van der Waals surface area contributed by atoms with E-state index in [0.29, 0.717) is 6.41 Å². The van der Waals surface area contributed by atoms with Crippen LogP contribution in [-0.2, 0) is 10.1 Å². The molecule has 0 unspecified atom stereocenters. The summed E-state index contributed by atoms with van der Waals surface area (Å²) in [6.07, 6.45) is 4.03. The summed E-state index contributed by atoms with van der Waals surface area (Å²) in [5.74, 6) is 0. The van der Waals surface area contributed by atoms with E-state index < -0.39 is 0 Å². The summed E-state index contributed by atoms with van der Waals surface area (Å²) >= 11 is 2.56. The standard InChI is InChI=1S/C5H5N2O.Al/c1-5-2-6-7(3-5)4-8;/h2-4H,1H2;. The fourth-order valence-corrected chi connectivity index (χ4v) is 0.751. The van der Waals surface area contributed by atoms with Crippen LogP contribution >= 0.6 is 0 Å². The maximum atomic E-state index is 10.0. The highest BCUT2D eigenvalue weighted by Gasteiger charge is 1.90. The Morgan fingerprint density at radius 2 is 2.67 bits per heavy atom. The van der Waals surface area contributed by atoms with Crippen LogP contribution < -0.4 is 0 Å². The molecule has 0 fully saturated rings. The number of aromatic nitrogens is 2. The minimum absolute atomic E-state index is 0.670. The maximum Gasteiger partial charge on any atom is 0.234 e. The van der Waals surface area contributed by atoms with E-state index in [-0.39, 0.29) is 0 Å². The number of carbonyl (C=O) groups is 1. The van der Waals surface area contributed by atoms with Gasteiger partial charge in [-0.05, 0) is 5.56 Å². The Balaban J connectivity index is 2.86. The number of rotatable bonds is 2. The van der Waals surface area contributed by atoms with Crippen molar-refractivity contribution < 1.29 is 4.79 Å². The molecule has 3 nitrogen and oxygen atoms in total. The van der Waals surface area contributed by atoms with Gasteiger partial charge >= 0.3 is 0 Å². The average Bonchev–Trinajstić information content (AvgIpc) is 2.34. The molecule has 1 aromatic heterocycles. The maximum absolute atomic E-state index is 10.0. The Kier molecular flexibility index (Phi) is 2.04. The van der Waals surface area contributed by atoms with Crippen LogP contribution in [0.4, 0.5) is 0 Å². The van der Waals surface area contributed by atoms with Crippen LogP contribution in [0.3, 0.4) is 0 Å². The lowest BCUT2D eigenvalue weighted by molar-refractivity contribution is 0.540. The largest absolute Gasteiger partial charge is 0.276 e. The molecule has 2 radical (unpaired) electrons. The summed E-state index contributed by atoms with van der Waals surface area (Å²) in [5.41, 5.74) is 1.05. The van der Waals surface area contributed by atoms with E-state index in [1.807, 2.05) is 0 Å². The van der Waals surface area contributed by atoms with Crippen molar-refractivity contribution in [3.63, 3.8) is 0 Å². The van der Waals surface area contributed by atoms with Crippen LogP contribution in [0.2, 0.25) is 0 Å². The van der Waals surface area contributed by atoms with Crippen molar-refractivity contribution in [3.05, 3.63) is 18.0 Å². The molecule has 0 saturated carbocycles. The van der Waals surface area contributed by atoms with E-state index in [2.05, 4.69) is 21.4 Å². The minimum Gasteiger partial charge on any atom is -0.276 e. The molecular weight excluding hydrogens is 131 g/mol. The summed E-state index contributed by atoms with van der Waals surface area (Å²) in [6.45, 7) is 0. The second-order valence-corrected chi connectivity index (χ2v) is 2.05. The third-order valence-corrected chi connectivity index (χ3v) is 1.47. The van der Waals surface area contributed by atoms with E-state index in [0.717, 1.165) is 10.8 Å². The van der Waals surface area contributed by atoms with Gasteiger partial charge in [-0.1, -0.05) is 5.28 Å². The fraction of sp³-hybridized carbons (Fsp3) is 0.200. The first-order valence-corrected chi connectivity index (χ1v) is 3.37. The zero-order valence-corrected chi connectivity index (χ0v) is 5.97. The number of nitrogens with zero attached hydrogens (tertiary/aromatic N) is 2. The molecule has 0 aliphatic heterocycles. The Morgan fingerprint density at radius 3 is 3.00 bits per heavy atom. The van der Waals surface area contributed by atoms with Gasteiger partial charge in [0.05, 0.1) is 6.20 Å². The van der Waals surface area contributed by atoms with E-state index >= 15 is 0 Å². The summed E-state index contributed by atoms with van der Waals surface area (Å²) < 4.78 is 1.25. The molecule has 0 bridgehead atoms.